The van der Waals surface area contributed by atoms with Crippen molar-refractivity contribution in [2.45, 2.75) is 33.6 Å². The van der Waals surface area contributed by atoms with Crippen LogP contribution >= 0.6 is 0 Å². The van der Waals surface area contributed by atoms with E-state index in [1.807, 2.05) is 6.92 Å². The van der Waals surface area contributed by atoms with E-state index in [1.54, 1.807) is 7.11 Å². The predicted octanol–water partition coefficient (Wildman–Crippen LogP) is 2.25. The van der Waals surface area contributed by atoms with Crippen molar-refractivity contribution in [2.24, 2.45) is 11.8 Å². The van der Waals surface area contributed by atoms with Crippen LogP contribution in [0.3, 0.4) is 0 Å². The summed E-state index contributed by atoms with van der Waals surface area (Å²) in [6.07, 6.45) is 1.76. The Hall–Kier alpha value is -0.570. The smallest absolute Gasteiger partial charge is 0.309 e. The molecular formula is C11H22O3. The zero-order chi connectivity index (χ0) is 11.0. The van der Waals surface area contributed by atoms with Crippen LogP contribution in [0.15, 0.2) is 0 Å². The average molecular weight is 202 g/mol. The summed E-state index contributed by atoms with van der Waals surface area (Å²) in [7, 11) is 1.60. The molecule has 0 radical (unpaired) electrons. The monoisotopic (exact) mass is 202 g/mol. The van der Waals surface area contributed by atoms with E-state index in [0.717, 1.165) is 12.8 Å². The molecule has 3 nitrogen and oxygen atoms in total. The Morgan fingerprint density at radius 1 is 1.29 bits per heavy atom. The molecule has 3 heteroatoms. The van der Waals surface area contributed by atoms with Gasteiger partial charge in [0.25, 0.3) is 0 Å². The Morgan fingerprint density at radius 2 is 1.93 bits per heavy atom. The maximum absolute atomic E-state index is 11.5. The highest BCUT2D eigenvalue weighted by Crippen LogP contribution is 2.16. The summed E-state index contributed by atoms with van der Waals surface area (Å²) in [5, 5.41) is 0. The van der Waals surface area contributed by atoms with Gasteiger partial charge >= 0.3 is 5.97 Å². The van der Waals surface area contributed by atoms with E-state index in [9.17, 15) is 4.79 Å². The van der Waals surface area contributed by atoms with Gasteiger partial charge in [0.1, 0.15) is 6.61 Å². The van der Waals surface area contributed by atoms with Crippen molar-refractivity contribution >= 4 is 5.97 Å². The van der Waals surface area contributed by atoms with Crippen molar-refractivity contribution in [1.82, 2.24) is 0 Å². The fraction of sp³-hybridized carbons (Fsp3) is 0.909. The first kappa shape index (κ1) is 13.4. The van der Waals surface area contributed by atoms with Crippen LogP contribution in [0.25, 0.3) is 0 Å². The van der Waals surface area contributed by atoms with Crippen LogP contribution < -0.4 is 0 Å². The van der Waals surface area contributed by atoms with E-state index >= 15 is 0 Å². The van der Waals surface area contributed by atoms with Gasteiger partial charge in [0.05, 0.1) is 12.5 Å². The summed E-state index contributed by atoms with van der Waals surface area (Å²) >= 11 is 0. The minimum Gasteiger partial charge on any atom is -0.463 e. The molecule has 0 heterocycles. The number of hydrogen-bond donors (Lipinski definition) is 0. The van der Waals surface area contributed by atoms with Crippen molar-refractivity contribution in [2.75, 3.05) is 20.3 Å². The molecule has 0 fully saturated rings. The van der Waals surface area contributed by atoms with E-state index in [4.69, 9.17) is 9.47 Å². The molecule has 0 unspecified atom stereocenters. The number of ether oxygens (including phenoxy) is 2. The van der Waals surface area contributed by atoms with E-state index in [-0.39, 0.29) is 11.9 Å². The van der Waals surface area contributed by atoms with Gasteiger partial charge in [0.15, 0.2) is 0 Å². The van der Waals surface area contributed by atoms with Gasteiger partial charge in [-0.15, -0.1) is 0 Å². The van der Waals surface area contributed by atoms with Crippen LogP contribution in [-0.4, -0.2) is 26.3 Å². The molecule has 14 heavy (non-hydrogen) atoms. The minimum atomic E-state index is -0.0850. The van der Waals surface area contributed by atoms with Gasteiger partial charge in [-0.25, -0.2) is 0 Å². The van der Waals surface area contributed by atoms with E-state index < -0.39 is 0 Å². The van der Waals surface area contributed by atoms with E-state index in [2.05, 4.69) is 13.8 Å². The molecule has 1 atom stereocenters. The molecule has 0 aromatic carbocycles. The summed E-state index contributed by atoms with van der Waals surface area (Å²) in [4.78, 5) is 11.5. The number of esters is 1. The van der Waals surface area contributed by atoms with Gasteiger partial charge in [-0.2, -0.15) is 0 Å². The first-order valence-electron chi connectivity index (χ1n) is 5.27. The van der Waals surface area contributed by atoms with Gasteiger partial charge in [-0.05, 0) is 18.8 Å². The second-order valence-corrected chi connectivity index (χ2v) is 3.90. The number of hydrogen-bond acceptors (Lipinski definition) is 3. The Kier molecular flexibility index (Phi) is 7.48. The molecule has 0 spiro atoms. The van der Waals surface area contributed by atoms with Crippen LogP contribution in [0, 0.1) is 11.8 Å². The first-order chi connectivity index (χ1) is 6.61. The maximum atomic E-state index is 11.5. The lowest BCUT2D eigenvalue weighted by Gasteiger charge is -2.15. The molecule has 0 saturated carbocycles. The summed E-state index contributed by atoms with van der Waals surface area (Å²) < 4.78 is 9.88. The molecule has 0 aliphatic heterocycles. The summed E-state index contributed by atoms with van der Waals surface area (Å²) in [5.41, 5.74) is 0. The molecule has 84 valence electrons. The topological polar surface area (TPSA) is 35.5 Å². The third kappa shape index (κ3) is 5.97. The highest BCUT2D eigenvalue weighted by molar-refractivity contribution is 5.72. The van der Waals surface area contributed by atoms with Crippen LogP contribution in [0.2, 0.25) is 0 Å². The van der Waals surface area contributed by atoms with Gasteiger partial charge in [-0.3, -0.25) is 4.79 Å². The number of carbonyl (C=O) groups is 1. The van der Waals surface area contributed by atoms with E-state index in [1.165, 1.54) is 0 Å². The van der Waals surface area contributed by atoms with Crippen LogP contribution in [0.1, 0.15) is 33.6 Å². The largest absolute Gasteiger partial charge is 0.463 e. The highest BCUT2D eigenvalue weighted by atomic mass is 16.6. The minimum absolute atomic E-state index is 0.0480. The second-order valence-electron chi connectivity index (χ2n) is 3.90. The lowest BCUT2D eigenvalue weighted by Crippen LogP contribution is -2.20. The quantitative estimate of drug-likeness (QED) is 0.469. The Balaban J connectivity index is 3.79. The van der Waals surface area contributed by atoms with Gasteiger partial charge in [-0.1, -0.05) is 20.8 Å². The van der Waals surface area contributed by atoms with Crippen molar-refractivity contribution in [1.29, 1.82) is 0 Å². The van der Waals surface area contributed by atoms with E-state index in [0.29, 0.717) is 19.1 Å². The second kappa shape index (κ2) is 7.80. The zero-order valence-corrected chi connectivity index (χ0v) is 9.71. The van der Waals surface area contributed by atoms with Crippen LogP contribution in [0.4, 0.5) is 0 Å². The Morgan fingerprint density at radius 3 is 2.36 bits per heavy atom. The van der Waals surface area contributed by atoms with Crippen LogP contribution in [0.5, 0.6) is 0 Å². The first-order valence-corrected chi connectivity index (χ1v) is 5.27. The standard InChI is InChI=1S/C11H22O3/c1-5-10(8-9(2)3)11(12)14-7-6-13-4/h9-10H,5-8H2,1-4H3/t10-/m1/s1. The molecule has 0 rings (SSSR count). The molecule has 0 aliphatic rings. The molecular weight excluding hydrogens is 180 g/mol. The lowest BCUT2D eigenvalue weighted by molar-refractivity contribution is -0.150. The highest BCUT2D eigenvalue weighted by Gasteiger charge is 2.18. The fourth-order valence-electron chi connectivity index (χ4n) is 1.34. The average Bonchev–Trinajstić information content (AvgIpc) is 2.14. The molecule has 0 aromatic heterocycles. The zero-order valence-electron chi connectivity index (χ0n) is 9.71. The SMILES string of the molecule is CC[C@H](CC(C)C)C(=O)OCCOC. The molecule has 0 amide bonds. The van der Waals surface area contributed by atoms with Crippen LogP contribution in [-0.2, 0) is 14.3 Å². The summed E-state index contributed by atoms with van der Waals surface area (Å²) in [5.74, 6) is 0.500. The molecule has 0 N–H and O–H groups in total. The normalized spacial score (nSPS) is 12.9. The molecule has 0 aromatic rings. The van der Waals surface area contributed by atoms with Crippen molar-refractivity contribution in [3.8, 4) is 0 Å². The maximum Gasteiger partial charge on any atom is 0.309 e. The Labute approximate surface area is 86.8 Å². The number of rotatable bonds is 7. The summed E-state index contributed by atoms with van der Waals surface area (Å²) in [6, 6.07) is 0. The van der Waals surface area contributed by atoms with Crippen molar-refractivity contribution in [3.05, 3.63) is 0 Å². The third-order valence-corrected chi connectivity index (χ3v) is 2.11. The van der Waals surface area contributed by atoms with Gasteiger partial charge in [0, 0.05) is 7.11 Å². The third-order valence-electron chi connectivity index (χ3n) is 2.11. The lowest BCUT2D eigenvalue weighted by atomic mass is 9.95. The Bertz CT molecular complexity index is 155. The van der Waals surface area contributed by atoms with Gasteiger partial charge < -0.3 is 9.47 Å². The fourth-order valence-corrected chi connectivity index (χ4v) is 1.34. The van der Waals surface area contributed by atoms with Crippen molar-refractivity contribution in [3.63, 3.8) is 0 Å². The summed E-state index contributed by atoms with van der Waals surface area (Å²) in [6.45, 7) is 7.09. The molecule has 0 aliphatic carbocycles. The molecule has 0 saturated heterocycles. The number of carbonyl (C=O) groups excluding carboxylic acids is 1. The number of methoxy groups -OCH3 is 1. The predicted molar refractivity (Wildman–Crippen MR) is 56.1 cm³/mol. The van der Waals surface area contributed by atoms with Gasteiger partial charge in [0.2, 0.25) is 0 Å². The van der Waals surface area contributed by atoms with Crippen molar-refractivity contribution < 1.29 is 14.3 Å². The molecule has 0 bridgehead atoms.